The number of hydrogen-bond donors (Lipinski definition) is 3. The van der Waals surface area contributed by atoms with Crippen molar-refractivity contribution in [2.24, 2.45) is 4.99 Å². The fourth-order valence-electron chi connectivity index (χ4n) is 1.34. The predicted molar refractivity (Wildman–Crippen MR) is 71.9 cm³/mol. The summed E-state index contributed by atoms with van der Waals surface area (Å²) < 4.78 is 26.3. The fourth-order valence-corrected chi connectivity index (χ4v) is 3.98. The molecule has 100 valence electrons. The Balaban J connectivity index is 2.47. The number of nitrogens with zero attached hydrogens (tertiary/aromatic N) is 1. The van der Waals surface area contributed by atoms with Crippen molar-refractivity contribution in [3.8, 4) is 0 Å². The largest absolute Gasteiger partial charge is 0.394 e. The number of aliphatic hydroxyl groups is 1. The van der Waals surface area contributed by atoms with Crippen LogP contribution < -0.4 is 10.0 Å². The summed E-state index contributed by atoms with van der Waals surface area (Å²) in [6.45, 7) is 3.16. The smallest absolute Gasteiger partial charge is 0.275 e. The van der Waals surface area contributed by atoms with Gasteiger partial charge in [0.1, 0.15) is 0 Å². The number of hydrogen-bond acceptors (Lipinski definition) is 5. The third-order valence-corrected chi connectivity index (χ3v) is 5.53. The number of halogens is 1. The molecule has 3 N–H and O–H groups in total. The third-order valence-electron chi connectivity index (χ3n) is 2.23. The van der Waals surface area contributed by atoms with Gasteiger partial charge in [-0.05, 0) is 13.8 Å². The molecule has 0 unspecified atom stereocenters. The molecule has 0 radical (unpaired) electrons. The number of guanidine groups is 1. The van der Waals surface area contributed by atoms with Gasteiger partial charge in [-0.15, -0.1) is 11.3 Å². The van der Waals surface area contributed by atoms with E-state index < -0.39 is 15.6 Å². The second-order valence-corrected chi connectivity index (χ2v) is 7.57. The van der Waals surface area contributed by atoms with Gasteiger partial charge < -0.3 is 10.4 Å². The minimum absolute atomic E-state index is 0.0573. The number of sulfonamides is 1. The molecule has 18 heavy (non-hydrogen) atoms. The van der Waals surface area contributed by atoms with Gasteiger partial charge >= 0.3 is 0 Å². The van der Waals surface area contributed by atoms with Crippen LogP contribution in [0.3, 0.4) is 0 Å². The Morgan fingerprint density at radius 3 is 2.83 bits per heavy atom. The van der Waals surface area contributed by atoms with E-state index in [1.807, 2.05) is 0 Å². The van der Waals surface area contributed by atoms with E-state index in [1.54, 1.807) is 19.2 Å². The fraction of sp³-hybridized carbons (Fsp3) is 0.444. The molecule has 0 fully saturated rings. The van der Waals surface area contributed by atoms with Crippen molar-refractivity contribution in [2.75, 3.05) is 11.9 Å². The summed E-state index contributed by atoms with van der Waals surface area (Å²) in [6, 6.07) is 0. The summed E-state index contributed by atoms with van der Waals surface area (Å²) in [5.74, 6) is 0.0573. The molecular formula is C9H12ClN3O3S2. The van der Waals surface area contributed by atoms with Crippen LogP contribution in [0, 0.1) is 0 Å². The van der Waals surface area contributed by atoms with Gasteiger partial charge in [-0.2, -0.15) is 0 Å². The van der Waals surface area contributed by atoms with Crippen molar-refractivity contribution >= 4 is 44.6 Å². The van der Waals surface area contributed by atoms with Crippen molar-refractivity contribution in [1.29, 1.82) is 0 Å². The molecule has 0 aromatic carbocycles. The summed E-state index contributed by atoms with van der Waals surface area (Å²) in [7, 11) is -3.64. The Morgan fingerprint density at radius 1 is 1.56 bits per heavy atom. The Kier molecular flexibility index (Phi) is 3.30. The Labute approximate surface area is 114 Å². The molecule has 0 saturated carbocycles. The second kappa shape index (κ2) is 4.37. The molecule has 1 aromatic rings. The standard InChI is InChI=1S/C9H12ClN3O3S2/c1-9(2,4-14)12-8-11-6-5(10)3-17-7(6)18(15,16)13-8/h3,14H,4H2,1-2H3,(H2,11,12,13). The van der Waals surface area contributed by atoms with Gasteiger partial charge in [-0.25, -0.2) is 18.1 Å². The zero-order chi connectivity index (χ0) is 13.6. The maximum absolute atomic E-state index is 11.9. The van der Waals surface area contributed by atoms with Crippen LogP contribution in [0.2, 0.25) is 5.02 Å². The molecule has 0 spiro atoms. The van der Waals surface area contributed by atoms with Crippen molar-refractivity contribution < 1.29 is 13.5 Å². The quantitative estimate of drug-likeness (QED) is 0.766. The molecule has 0 amide bonds. The molecule has 1 aromatic heterocycles. The van der Waals surface area contributed by atoms with Crippen molar-refractivity contribution in [2.45, 2.75) is 23.6 Å². The SMILES string of the molecule is CC(C)(CO)N=C1Nc2c(Cl)csc2S(=O)(=O)N1. The van der Waals surface area contributed by atoms with Crippen molar-refractivity contribution in [3.05, 3.63) is 10.4 Å². The van der Waals surface area contributed by atoms with Gasteiger partial charge in [0.15, 0.2) is 4.21 Å². The Morgan fingerprint density at radius 2 is 2.22 bits per heavy atom. The number of rotatable bonds is 2. The van der Waals surface area contributed by atoms with E-state index in [4.69, 9.17) is 16.7 Å². The molecule has 6 nitrogen and oxygen atoms in total. The summed E-state index contributed by atoms with van der Waals surface area (Å²) in [5, 5.41) is 13.8. The van der Waals surface area contributed by atoms with Gasteiger partial charge in [0.25, 0.3) is 10.0 Å². The van der Waals surface area contributed by atoms with Gasteiger partial charge in [0, 0.05) is 5.38 Å². The first-order valence-corrected chi connectivity index (χ1v) is 7.77. The van der Waals surface area contributed by atoms with E-state index in [9.17, 15) is 8.42 Å². The van der Waals surface area contributed by atoms with Crippen LogP contribution in [0.15, 0.2) is 14.6 Å². The van der Waals surface area contributed by atoms with Gasteiger partial charge in [-0.1, -0.05) is 11.6 Å². The highest BCUT2D eigenvalue weighted by molar-refractivity contribution is 7.92. The van der Waals surface area contributed by atoms with Crippen LogP contribution in [0.1, 0.15) is 13.8 Å². The van der Waals surface area contributed by atoms with Crippen LogP contribution in [0.5, 0.6) is 0 Å². The number of aliphatic imine (C=N–C) groups is 1. The average Bonchev–Trinajstić information content (AvgIpc) is 2.60. The van der Waals surface area contributed by atoms with Gasteiger partial charge in [-0.3, -0.25) is 0 Å². The highest BCUT2D eigenvalue weighted by atomic mass is 35.5. The van der Waals surface area contributed by atoms with Crippen molar-refractivity contribution in [3.63, 3.8) is 0 Å². The molecule has 2 heterocycles. The number of anilines is 1. The topological polar surface area (TPSA) is 90.8 Å². The lowest BCUT2D eigenvalue weighted by atomic mass is 10.1. The second-order valence-electron chi connectivity index (χ2n) is 4.41. The van der Waals surface area contributed by atoms with Crippen LogP contribution in [-0.4, -0.2) is 31.6 Å². The van der Waals surface area contributed by atoms with Gasteiger partial charge in [0.05, 0.1) is 22.9 Å². The molecule has 1 aliphatic rings. The first-order valence-electron chi connectivity index (χ1n) is 5.03. The molecule has 0 bridgehead atoms. The lowest BCUT2D eigenvalue weighted by molar-refractivity contribution is 0.222. The molecule has 0 saturated heterocycles. The normalized spacial score (nSPS) is 20.1. The van der Waals surface area contributed by atoms with E-state index >= 15 is 0 Å². The Bertz CT molecular complexity index is 607. The lowest BCUT2D eigenvalue weighted by Gasteiger charge is -2.23. The number of thiophene rings is 1. The first-order chi connectivity index (χ1) is 8.25. The highest BCUT2D eigenvalue weighted by Crippen LogP contribution is 2.37. The summed E-state index contributed by atoms with van der Waals surface area (Å²) in [5.41, 5.74) is -0.460. The molecular weight excluding hydrogens is 298 g/mol. The zero-order valence-electron chi connectivity index (χ0n) is 9.69. The zero-order valence-corrected chi connectivity index (χ0v) is 12.1. The summed E-state index contributed by atoms with van der Waals surface area (Å²) in [4.78, 5) is 4.11. The van der Waals surface area contributed by atoms with Crippen LogP contribution >= 0.6 is 22.9 Å². The minimum Gasteiger partial charge on any atom is -0.394 e. The lowest BCUT2D eigenvalue weighted by Crippen LogP contribution is -2.42. The minimum atomic E-state index is -3.64. The van der Waals surface area contributed by atoms with Crippen LogP contribution in [-0.2, 0) is 10.0 Å². The van der Waals surface area contributed by atoms with Crippen LogP contribution in [0.4, 0.5) is 5.69 Å². The molecule has 0 atom stereocenters. The molecule has 2 rings (SSSR count). The predicted octanol–water partition coefficient (Wildman–Crippen LogP) is 1.23. The third kappa shape index (κ3) is 2.46. The van der Waals surface area contributed by atoms with E-state index in [0.29, 0.717) is 10.7 Å². The number of fused-ring (bicyclic) bond motifs is 1. The molecule has 9 heteroatoms. The molecule has 1 aliphatic heterocycles. The summed E-state index contributed by atoms with van der Waals surface area (Å²) >= 11 is 6.94. The maximum atomic E-state index is 11.9. The maximum Gasteiger partial charge on any atom is 0.275 e. The summed E-state index contributed by atoms with van der Waals surface area (Å²) in [6.07, 6.45) is 0. The average molecular weight is 310 g/mol. The number of aliphatic hydroxyl groups excluding tert-OH is 1. The first kappa shape index (κ1) is 13.6. The van der Waals surface area contributed by atoms with Crippen molar-refractivity contribution in [1.82, 2.24) is 4.72 Å². The van der Waals surface area contributed by atoms with E-state index in [0.717, 1.165) is 11.3 Å². The molecule has 0 aliphatic carbocycles. The van der Waals surface area contributed by atoms with E-state index in [-0.39, 0.29) is 16.8 Å². The highest BCUT2D eigenvalue weighted by Gasteiger charge is 2.31. The van der Waals surface area contributed by atoms with E-state index in [1.165, 1.54) is 0 Å². The Hall–Kier alpha value is -0.830. The van der Waals surface area contributed by atoms with Crippen LogP contribution in [0.25, 0.3) is 0 Å². The van der Waals surface area contributed by atoms with Gasteiger partial charge in [0.2, 0.25) is 5.96 Å². The monoisotopic (exact) mass is 309 g/mol. The van der Waals surface area contributed by atoms with E-state index in [2.05, 4.69) is 15.0 Å². The number of nitrogens with one attached hydrogen (secondary N) is 2.